The molecule has 0 saturated heterocycles. The summed E-state index contributed by atoms with van der Waals surface area (Å²) in [5, 5.41) is 12.6. The number of hydrogen-bond acceptors (Lipinski definition) is 3. The Morgan fingerprint density at radius 1 is 0.947 bits per heavy atom. The summed E-state index contributed by atoms with van der Waals surface area (Å²) in [5.41, 5.74) is 2.24. The molecule has 0 saturated carbocycles. The number of rotatable bonds is 2. The Labute approximate surface area is 111 Å². The summed E-state index contributed by atoms with van der Waals surface area (Å²) in [7, 11) is 0. The molecule has 3 rings (SSSR count). The van der Waals surface area contributed by atoms with Gasteiger partial charge in [-0.15, -0.1) is 0 Å². The number of aliphatic hydroxyl groups excluding tert-OH is 1. The van der Waals surface area contributed by atoms with Crippen LogP contribution in [-0.4, -0.2) is 15.1 Å². The van der Waals surface area contributed by atoms with E-state index < -0.39 is 6.10 Å². The van der Waals surface area contributed by atoms with Gasteiger partial charge in [-0.05, 0) is 29.3 Å². The van der Waals surface area contributed by atoms with Crippen molar-refractivity contribution in [1.29, 1.82) is 0 Å². The maximum atomic E-state index is 10.3. The van der Waals surface area contributed by atoms with Crippen molar-refractivity contribution in [2.75, 3.05) is 0 Å². The molecule has 0 aliphatic heterocycles. The van der Waals surface area contributed by atoms with Gasteiger partial charge < -0.3 is 5.11 Å². The summed E-state index contributed by atoms with van der Waals surface area (Å²) in [4.78, 5) is 8.39. The Morgan fingerprint density at radius 2 is 1.74 bits per heavy atom. The van der Waals surface area contributed by atoms with E-state index in [9.17, 15) is 5.11 Å². The number of nitrogens with zero attached hydrogens (tertiary/aromatic N) is 2. The van der Waals surface area contributed by atoms with Crippen LogP contribution in [0.25, 0.3) is 10.8 Å². The van der Waals surface area contributed by atoms with Gasteiger partial charge in [0.25, 0.3) is 0 Å². The molecule has 19 heavy (non-hydrogen) atoms. The molecule has 0 radical (unpaired) electrons. The smallest absolute Gasteiger partial charge is 0.123 e. The topological polar surface area (TPSA) is 46.0 Å². The SMILES string of the molecule is Cc1cnc(C(O)c2ccc3ccccc3c2)cn1. The molecule has 0 aliphatic carbocycles. The number of aliphatic hydroxyl groups is 1. The van der Waals surface area contributed by atoms with E-state index in [4.69, 9.17) is 0 Å². The lowest BCUT2D eigenvalue weighted by Crippen LogP contribution is -2.03. The molecule has 0 amide bonds. The number of hydrogen-bond donors (Lipinski definition) is 1. The van der Waals surface area contributed by atoms with Gasteiger partial charge in [-0.1, -0.05) is 36.4 Å². The van der Waals surface area contributed by atoms with E-state index in [0.717, 1.165) is 22.0 Å². The third-order valence-electron chi connectivity index (χ3n) is 3.17. The Balaban J connectivity index is 2.01. The van der Waals surface area contributed by atoms with Crippen LogP contribution in [0.1, 0.15) is 23.1 Å². The number of benzene rings is 2. The number of aromatic nitrogens is 2. The van der Waals surface area contributed by atoms with Crippen LogP contribution in [0.4, 0.5) is 0 Å². The molecule has 1 N–H and O–H groups in total. The minimum Gasteiger partial charge on any atom is -0.382 e. The molecule has 0 fully saturated rings. The van der Waals surface area contributed by atoms with Gasteiger partial charge in [0.1, 0.15) is 6.10 Å². The van der Waals surface area contributed by atoms with Crippen LogP contribution < -0.4 is 0 Å². The van der Waals surface area contributed by atoms with Crippen LogP contribution in [0, 0.1) is 6.92 Å². The Bertz CT molecular complexity index is 707. The maximum absolute atomic E-state index is 10.3. The van der Waals surface area contributed by atoms with Crippen molar-refractivity contribution >= 4 is 10.8 Å². The van der Waals surface area contributed by atoms with E-state index in [2.05, 4.69) is 16.0 Å². The third kappa shape index (κ3) is 2.33. The molecule has 2 aromatic carbocycles. The molecule has 1 unspecified atom stereocenters. The lowest BCUT2D eigenvalue weighted by atomic mass is 10.0. The number of aryl methyl sites for hydroxylation is 1. The summed E-state index contributed by atoms with van der Waals surface area (Å²) in [5.74, 6) is 0. The second-order valence-electron chi connectivity index (χ2n) is 4.59. The first kappa shape index (κ1) is 11.8. The van der Waals surface area contributed by atoms with Gasteiger partial charge in [-0.2, -0.15) is 0 Å². The van der Waals surface area contributed by atoms with Gasteiger partial charge in [0.15, 0.2) is 0 Å². The fraction of sp³-hybridized carbons (Fsp3) is 0.125. The van der Waals surface area contributed by atoms with Crippen LogP contribution in [0.3, 0.4) is 0 Å². The normalized spacial score (nSPS) is 12.5. The average Bonchev–Trinajstić information content (AvgIpc) is 2.47. The van der Waals surface area contributed by atoms with E-state index in [-0.39, 0.29) is 0 Å². The molecule has 3 heteroatoms. The molecule has 1 atom stereocenters. The summed E-state index contributed by atoms with van der Waals surface area (Å²) in [6.07, 6.45) is 2.55. The van der Waals surface area contributed by atoms with Crippen molar-refractivity contribution < 1.29 is 5.11 Å². The van der Waals surface area contributed by atoms with Crippen LogP contribution in [0.5, 0.6) is 0 Å². The maximum Gasteiger partial charge on any atom is 0.123 e. The van der Waals surface area contributed by atoms with E-state index in [1.165, 1.54) is 0 Å². The van der Waals surface area contributed by atoms with Crippen LogP contribution in [0.15, 0.2) is 54.9 Å². The molecular formula is C16H14N2O. The second kappa shape index (κ2) is 4.78. The fourth-order valence-corrected chi connectivity index (χ4v) is 2.09. The molecule has 0 bridgehead atoms. The van der Waals surface area contributed by atoms with Crippen molar-refractivity contribution in [3.8, 4) is 0 Å². The van der Waals surface area contributed by atoms with Gasteiger partial charge in [0, 0.05) is 6.20 Å². The van der Waals surface area contributed by atoms with Crippen molar-refractivity contribution in [1.82, 2.24) is 9.97 Å². The molecule has 3 nitrogen and oxygen atoms in total. The lowest BCUT2D eigenvalue weighted by molar-refractivity contribution is 0.215. The van der Waals surface area contributed by atoms with E-state index in [0.29, 0.717) is 5.69 Å². The van der Waals surface area contributed by atoms with E-state index >= 15 is 0 Å². The van der Waals surface area contributed by atoms with E-state index in [1.807, 2.05) is 43.3 Å². The first-order chi connectivity index (χ1) is 9.24. The summed E-state index contributed by atoms with van der Waals surface area (Å²) in [6, 6.07) is 14.0. The van der Waals surface area contributed by atoms with Gasteiger partial charge in [-0.25, -0.2) is 0 Å². The Kier molecular flexibility index (Phi) is 2.97. The van der Waals surface area contributed by atoms with Gasteiger partial charge in [0.05, 0.1) is 17.6 Å². The third-order valence-corrected chi connectivity index (χ3v) is 3.17. The predicted octanol–water partition coefficient (Wildman–Crippen LogP) is 3.02. The highest BCUT2D eigenvalue weighted by Crippen LogP contribution is 2.23. The summed E-state index contributed by atoms with van der Waals surface area (Å²) in [6.45, 7) is 1.87. The van der Waals surface area contributed by atoms with Crippen LogP contribution in [-0.2, 0) is 0 Å². The fourth-order valence-electron chi connectivity index (χ4n) is 2.09. The zero-order valence-electron chi connectivity index (χ0n) is 10.6. The predicted molar refractivity (Wildman–Crippen MR) is 74.8 cm³/mol. The minimum absolute atomic E-state index is 0.570. The average molecular weight is 250 g/mol. The highest BCUT2D eigenvalue weighted by Gasteiger charge is 2.12. The lowest BCUT2D eigenvalue weighted by Gasteiger charge is -2.11. The van der Waals surface area contributed by atoms with Crippen LogP contribution >= 0.6 is 0 Å². The van der Waals surface area contributed by atoms with Crippen molar-refractivity contribution in [3.63, 3.8) is 0 Å². The zero-order chi connectivity index (χ0) is 13.2. The molecule has 0 spiro atoms. The van der Waals surface area contributed by atoms with Crippen molar-refractivity contribution in [2.24, 2.45) is 0 Å². The standard InChI is InChI=1S/C16H14N2O/c1-11-9-18-15(10-17-11)16(19)14-7-6-12-4-2-3-5-13(12)8-14/h2-10,16,19H,1H3. The highest BCUT2D eigenvalue weighted by molar-refractivity contribution is 5.83. The molecule has 1 aromatic heterocycles. The molecular weight excluding hydrogens is 236 g/mol. The zero-order valence-corrected chi connectivity index (χ0v) is 10.6. The second-order valence-corrected chi connectivity index (χ2v) is 4.59. The first-order valence-electron chi connectivity index (χ1n) is 6.19. The monoisotopic (exact) mass is 250 g/mol. The summed E-state index contributed by atoms with van der Waals surface area (Å²) < 4.78 is 0. The molecule has 1 heterocycles. The number of fused-ring (bicyclic) bond motifs is 1. The first-order valence-corrected chi connectivity index (χ1v) is 6.19. The van der Waals surface area contributed by atoms with Crippen LogP contribution in [0.2, 0.25) is 0 Å². The van der Waals surface area contributed by atoms with Gasteiger partial charge in [0.2, 0.25) is 0 Å². The highest BCUT2D eigenvalue weighted by atomic mass is 16.3. The van der Waals surface area contributed by atoms with Crippen molar-refractivity contribution in [2.45, 2.75) is 13.0 Å². The molecule has 94 valence electrons. The molecule has 3 aromatic rings. The van der Waals surface area contributed by atoms with Gasteiger partial charge in [-0.3, -0.25) is 9.97 Å². The Hall–Kier alpha value is -2.26. The molecule has 0 aliphatic rings. The van der Waals surface area contributed by atoms with E-state index in [1.54, 1.807) is 12.4 Å². The van der Waals surface area contributed by atoms with Gasteiger partial charge >= 0.3 is 0 Å². The Morgan fingerprint density at radius 3 is 2.47 bits per heavy atom. The van der Waals surface area contributed by atoms with Crippen molar-refractivity contribution in [3.05, 3.63) is 71.8 Å². The quantitative estimate of drug-likeness (QED) is 0.760. The largest absolute Gasteiger partial charge is 0.382 e. The summed E-state index contributed by atoms with van der Waals surface area (Å²) >= 11 is 0. The minimum atomic E-state index is -0.738.